The third-order valence-electron chi connectivity index (χ3n) is 5.00. The first-order valence-corrected chi connectivity index (χ1v) is 10.8. The molecule has 160 valence electrons. The molecule has 0 spiro atoms. The zero-order valence-corrected chi connectivity index (χ0v) is 18.3. The summed E-state index contributed by atoms with van der Waals surface area (Å²) in [6.07, 6.45) is 0.614. The molecular weight excluding hydrogens is 438 g/mol. The fraction of sp³-hybridized carbons (Fsp3) is 0.238. The normalized spacial score (nSPS) is 13.9. The number of rotatable bonds is 4. The molecule has 2 amide bonds. The van der Waals surface area contributed by atoms with Crippen LogP contribution in [-0.2, 0) is 0 Å². The molecular formula is C21H20ClN5O3S. The highest BCUT2D eigenvalue weighted by molar-refractivity contribution is 7.16. The number of hydrogen-bond acceptors (Lipinski definition) is 6. The maximum atomic E-state index is 12.6. The van der Waals surface area contributed by atoms with Crippen LogP contribution in [0.3, 0.4) is 0 Å². The van der Waals surface area contributed by atoms with Gasteiger partial charge < -0.3 is 14.9 Å². The molecule has 0 atom stereocenters. The highest BCUT2D eigenvalue weighted by atomic mass is 35.5. The van der Waals surface area contributed by atoms with Gasteiger partial charge in [-0.15, -0.1) is 11.3 Å². The van der Waals surface area contributed by atoms with Crippen molar-refractivity contribution in [3.8, 4) is 11.3 Å². The van der Waals surface area contributed by atoms with Crippen LogP contribution >= 0.6 is 22.9 Å². The molecule has 1 aliphatic rings. The largest absolute Gasteiger partial charge is 0.465 e. The molecule has 2 aromatic heterocycles. The summed E-state index contributed by atoms with van der Waals surface area (Å²) in [7, 11) is 0. The number of thiazole rings is 1. The number of aryl methyl sites for hydroxylation is 1. The van der Waals surface area contributed by atoms with Crippen LogP contribution in [0.4, 0.5) is 15.7 Å². The second-order valence-corrected chi connectivity index (χ2v) is 8.69. The summed E-state index contributed by atoms with van der Waals surface area (Å²) < 4.78 is 0. The number of nitrogens with one attached hydrogen (secondary N) is 1. The van der Waals surface area contributed by atoms with E-state index >= 15 is 0 Å². The van der Waals surface area contributed by atoms with Gasteiger partial charge in [0.25, 0.3) is 5.91 Å². The highest BCUT2D eigenvalue weighted by Gasteiger charge is 2.21. The number of nitrogens with zero attached hydrogens (tertiary/aromatic N) is 4. The second-order valence-electron chi connectivity index (χ2n) is 7.05. The number of hydrogen-bond donors (Lipinski definition) is 2. The van der Waals surface area contributed by atoms with Crippen molar-refractivity contribution in [2.75, 3.05) is 36.4 Å². The molecule has 0 bridgehead atoms. The third-order valence-corrected chi connectivity index (χ3v) is 6.12. The molecule has 10 heteroatoms. The van der Waals surface area contributed by atoms with E-state index < -0.39 is 6.09 Å². The summed E-state index contributed by atoms with van der Waals surface area (Å²) in [6.45, 7) is 3.93. The van der Waals surface area contributed by atoms with Gasteiger partial charge in [-0.3, -0.25) is 10.1 Å². The number of carbonyl (C=O) groups excluding carboxylic acids is 1. The fourth-order valence-corrected chi connectivity index (χ4v) is 4.38. The second kappa shape index (κ2) is 8.91. The van der Waals surface area contributed by atoms with E-state index in [2.05, 4.69) is 15.3 Å². The number of benzene rings is 1. The highest BCUT2D eigenvalue weighted by Crippen LogP contribution is 2.31. The van der Waals surface area contributed by atoms with E-state index in [1.54, 1.807) is 18.2 Å². The molecule has 31 heavy (non-hydrogen) atoms. The molecule has 3 aromatic rings. The number of halogens is 1. The van der Waals surface area contributed by atoms with Crippen molar-refractivity contribution < 1.29 is 14.7 Å². The molecule has 0 saturated carbocycles. The van der Waals surface area contributed by atoms with Crippen molar-refractivity contribution in [1.29, 1.82) is 0 Å². The Labute approximate surface area is 188 Å². The monoisotopic (exact) mass is 457 g/mol. The smallest absolute Gasteiger partial charge is 0.407 e. The number of amides is 2. The van der Waals surface area contributed by atoms with Crippen molar-refractivity contribution in [1.82, 2.24) is 14.9 Å². The van der Waals surface area contributed by atoms with Crippen molar-refractivity contribution in [2.24, 2.45) is 0 Å². The Hall–Kier alpha value is -3.17. The van der Waals surface area contributed by atoms with Gasteiger partial charge in [0.15, 0.2) is 5.13 Å². The Morgan fingerprint density at radius 2 is 1.94 bits per heavy atom. The molecule has 1 aliphatic heterocycles. The SMILES string of the molecule is Cc1sc(NC(=O)c2ccc(N3CCN(C(=O)O)CC3)nc2)nc1-c1cccc(Cl)c1. The van der Waals surface area contributed by atoms with Crippen LogP contribution in [0, 0.1) is 6.92 Å². The maximum Gasteiger partial charge on any atom is 0.407 e. The van der Waals surface area contributed by atoms with Gasteiger partial charge in [-0.1, -0.05) is 23.7 Å². The summed E-state index contributed by atoms with van der Waals surface area (Å²) >= 11 is 7.47. The lowest BCUT2D eigenvalue weighted by atomic mass is 10.1. The first kappa shape index (κ1) is 21.1. The molecule has 3 heterocycles. The molecule has 4 rings (SSSR count). The summed E-state index contributed by atoms with van der Waals surface area (Å²) in [5.74, 6) is 0.427. The predicted molar refractivity (Wildman–Crippen MR) is 121 cm³/mol. The van der Waals surface area contributed by atoms with E-state index in [1.165, 1.54) is 22.4 Å². The first-order valence-electron chi connectivity index (χ1n) is 9.64. The van der Waals surface area contributed by atoms with Gasteiger partial charge in [-0.2, -0.15) is 0 Å². The van der Waals surface area contributed by atoms with Gasteiger partial charge in [-0.25, -0.2) is 14.8 Å². The number of piperazine rings is 1. The number of carbonyl (C=O) groups is 2. The quantitative estimate of drug-likeness (QED) is 0.608. The van der Waals surface area contributed by atoms with Crippen molar-refractivity contribution >= 4 is 45.9 Å². The average molecular weight is 458 g/mol. The first-order chi connectivity index (χ1) is 14.9. The van der Waals surface area contributed by atoms with Gasteiger partial charge in [0.05, 0.1) is 11.3 Å². The Morgan fingerprint density at radius 3 is 2.58 bits per heavy atom. The van der Waals surface area contributed by atoms with Crippen molar-refractivity contribution in [2.45, 2.75) is 6.92 Å². The van der Waals surface area contributed by atoms with Gasteiger partial charge in [0.1, 0.15) is 5.82 Å². The molecule has 1 saturated heterocycles. The van der Waals surface area contributed by atoms with Gasteiger partial charge in [-0.05, 0) is 31.2 Å². The topological polar surface area (TPSA) is 98.7 Å². The summed E-state index contributed by atoms with van der Waals surface area (Å²) in [6, 6.07) is 10.9. The molecule has 1 aromatic carbocycles. The van der Waals surface area contributed by atoms with Crippen LogP contribution in [-0.4, -0.2) is 58.2 Å². The Kier molecular flexibility index (Phi) is 6.06. The summed E-state index contributed by atoms with van der Waals surface area (Å²) in [4.78, 5) is 37.0. The van der Waals surface area contributed by atoms with Crippen LogP contribution in [0.2, 0.25) is 5.02 Å². The van der Waals surface area contributed by atoms with Crippen LogP contribution in [0.15, 0.2) is 42.6 Å². The van der Waals surface area contributed by atoms with E-state index in [-0.39, 0.29) is 5.91 Å². The number of aromatic nitrogens is 2. The number of carboxylic acid groups (broad SMARTS) is 1. The molecule has 8 nitrogen and oxygen atoms in total. The van der Waals surface area contributed by atoms with Crippen LogP contribution < -0.4 is 10.2 Å². The Bertz CT molecular complexity index is 1110. The van der Waals surface area contributed by atoms with E-state index in [0.717, 1.165) is 22.0 Å². The average Bonchev–Trinajstić information content (AvgIpc) is 3.14. The molecule has 2 N–H and O–H groups in total. The van der Waals surface area contributed by atoms with E-state index in [4.69, 9.17) is 16.7 Å². The number of anilines is 2. The number of pyridine rings is 1. The van der Waals surface area contributed by atoms with Gasteiger partial charge >= 0.3 is 6.09 Å². The lowest BCUT2D eigenvalue weighted by Gasteiger charge is -2.33. The maximum absolute atomic E-state index is 12.6. The minimum absolute atomic E-state index is 0.291. The van der Waals surface area contributed by atoms with Gasteiger partial charge in [0, 0.05) is 47.8 Å². The minimum atomic E-state index is -0.907. The standard InChI is InChI=1S/C21H20ClN5O3S/c1-13-18(14-3-2-4-16(22)11-14)24-20(31-13)25-19(28)15-5-6-17(23-12-15)26-7-9-27(10-8-26)21(29)30/h2-6,11-12H,7-10H2,1H3,(H,29,30)(H,24,25,28). The summed E-state index contributed by atoms with van der Waals surface area (Å²) in [5.41, 5.74) is 2.11. The lowest BCUT2D eigenvalue weighted by molar-refractivity contribution is 0.102. The zero-order valence-electron chi connectivity index (χ0n) is 16.7. The third kappa shape index (κ3) is 4.78. The molecule has 1 fully saturated rings. The van der Waals surface area contributed by atoms with E-state index in [1.807, 2.05) is 30.0 Å². The zero-order chi connectivity index (χ0) is 22.0. The van der Waals surface area contributed by atoms with Crippen LogP contribution in [0.1, 0.15) is 15.2 Å². The predicted octanol–water partition coefficient (Wildman–Crippen LogP) is 4.22. The Balaban J connectivity index is 1.42. The van der Waals surface area contributed by atoms with Crippen molar-refractivity contribution in [3.05, 3.63) is 58.1 Å². The molecule has 0 unspecified atom stereocenters. The fourth-order valence-electron chi connectivity index (χ4n) is 3.36. The molecule has 0 radical (unpaired) electrons. The van der Waals surface area contributed by atoms with E-state index in [9.17, 15) is 9.59 Å². The Morgan fingerprint density at radius 1 is 1.16 bits per heavy atom. The molecule has 0 aliphatic carbocycles. The minimum Gasteiger partial charge on any atom is -0.465 e. The van der Waals surface area contributed by atoms with Gasteiger partial charge in [0.2, 0.25) is 0 Å². The van der Waals surface area contributed by atoms with Crippen LogP contribution in [0.25, 0.3) is 11.3 Å². The lowest BCUT2D eigenvalue weighted by Crippen LogP contribution is -2.48. The van der Waals surface area contributed by atoms with Crippen molar-refractivity contribution in [3.63, 3.8) is 0 Å². The van der Waals surface area contributed by atoms with Crippen LogP contribution in [0.5, 0.6) is 0 Å². The van der Waals surface area contributed by atoms with E-state index in [0.29, 0.717) is 41.9 Å². The summed E-state index contributed by atoms with van der Waals surface area (Å²) in [5, 5.41) is 13.0.